The zero-order chi connectivity index (χ0) is 18.0. The summed E-state index contributed by atoms with van der Waals surface area (Å²) in [6.45, 7) is 2.51. The van der Waals surface area contributed by atoms with Gasteiger partial charge in [0.05, 0.1) is 0 Å². The van der Waals surface area contributed by atoms with Crippen LogP contribution in [0.3, 0.4) is 0 Å². The molecule has 0 aromatic heterocycles. The van der Waals surface area contributed by atoms with Gasteiger partial charge >= 0.3 is 6.03 Å². The average molecular weight is 387 g/mol. The van der Waals surface area contributed by atoms with Crippen molar-refractivity contribution >= 4 is 30.3 Å². The minimum Gasteiger partial charge on any atom is -0.351 e. The van der Waals surface area contributed by atoms with Crippen LogP contribution in [-0.2, 0) is 9.59 Å². The third-order valence-electron chi connectivity index (χ3n) is 6.39. The monoisotopic (exact) mass is 386 g/mol. The number of halogens is 1. The van der Waals surface area contributed by atoms with Gasteiger partial charge in [0.15, 0.2) is 0 Å². The maximum atomic E-state index is 12.8. The van der Waals surface area contributed by atoms with Crippen molar-refractivity contribution in [3.63, 3.8) is 0 Å². The molecule has 3 rings (SSSR count). The van der Waals surface area contributed by atoms with Crippen LogP contribution in [0.25, 0.3) is 0 Å². The quantitative estimate of drug-likeness (QED) is 0.623. The van der Waals surface area contributed by atoms with Gasteiger partial charge < -0.3 is 16.4 Å². The lowest BCUT2D eigenvalue weighted by molar-refractivity contribution is -0.136. The van der Waals surface area contributed by atoms with E-state index in [0.29, 0.717) is 31.2 Å². The molecule has 3 fully saturated rings. The van der Waals surface area contributed by atoms with Gasteiger partial charge in [0.1, 0.15) is 12.1 Å². The van der Waals surface area contributed by atoms with Gasteiger partial charge in [-0.25, -0.2) is 4.79 Å². The molecule has 7 nitrogen and oxygen atoms in total. The van der Waals surface area contributed by atoms with Crippen LogP contribution in [-0.4, -0.2) is 47.4 Å². The predicted molar refractivity (Wildman–Crippen MR) is 101 cm³/mol. The van der Waals surface area contributed by atoms with E-state index in [4.69, 9.17) is 5.73 Å². The maximum absolute atomic E-state index is 12.8. The van der Waals surface area contributed by atoms with Crippen LogP contribution in [0.2, 0.25) is 0 Å². The normalized spacial score (nSPS) is 33.9. The van der Waals surface area contributed by atoms with Crippen LogP contribution < -0.4 is 16.4 Å². The molecule has 1 saturated heterocycles. The van der Waals surface area contributed by atoms with E-state index in [1.54, 1.807) is 0 Å². The van der Waals surface area contributed by atoms with Crippen molar-refractivity contribution < 1.29 is 14.4 Å². The first kappa shape index (κ1) is 21.0. The number of rotatable bonds is 5. The van der Waals surface area contributed by atoms with Gasteiger partial charge in [0.2, 0.25) is 5.91 Å². The van der Waals surface area contributed by atoms with Crippen LogP contribution in [0.1, 0.15) is 58.3 Å². The van der Waals surface area contributed by atoms with Gasteiger partial charge in [0, 0.05) is 6.04 Å². The second-order valence-corrected chi connectivity index (χ2v) is 7.86. The molecule has 4 amide bonds. The molecule has 2 unspecified atom stereocenters. The first-order valence-corrected chi connectivity index (χ1v) is 9.62. The second-order valence-electron chi connectivity index (χ2n) is 7.86. The Bertz CT molecular complexity index is 549. The Labute approximate surface area is 161 Å². The number of imide groups is 1. The van der Waals surface area contributed by atoms with Crippen molar-refractivity contribution in [2.75, 3.05) is 13.1 Å². The van der Waals surface area contributed by atoms with E-state index in [-0.39, 0.29) is 36.8 Å². The Hall–Kier alpha value is -1.34. The molecule has 3 aliphatic rings. The smallest absolute Gasteiger partial charge is 0.325 e. The summed E-state index contributed by atoms with van der Waals surface area (Å²) in [7, 11) is 0. The molecule has 8 heteroatoms. The fourth-order valence-electron chi connectivity index (χ4n) is 4.64. The van der Waals surface area contributed by atoms with E-state index in [1.165, 1.54) is 0 Å². The molecule has 0 radical (unpaired) electrons. The Balaban J connectivity index is 0.00000243. The number of hydrogen-bond donors (Lipinski definition) is 3. The van der Waals surface area contributed by atoms with E-state index in [9.17, 15) is 14.4 Å². The molecule has 1 aliphatic heterocycles. The van der Waals surface area contributed by atoms with Crippen molar-refractivity contribution in [3.8, 4) is 0 Å². The zero-order valence-electron chi connectivity index (χ0n) is 15.5. The summed E-state index contributed by atoms with van der Waals surface area (Å²) in [4.78, 5) is 38.6. The molecule has 0 bridgehead atoms. The second kappa shape index (κ2) is 8.57. The molecule has 2 atom stereocenters. The Morgan fingerprint density at radius 1 is 1.27 bits per heavy atom. The number of nitrogens with two attached hydrogens (primary N) is 1. The highest BCUT2D eigenvalue weighted by Crippen LogP contribution is 2.37. The van der Waals surface area contributed by atoms with Gasteiger partial charge in [-0.3, -0.25) is 14.5 Å². The number of carbonyl (C=O) groups excluding carboxylic acids is 3. The Morgan fingerprint density at radius 2 is 1.96 bits per heavy atom. The molecular formula is C18H31ClN4O3. The van der Waals surface area contributed by atoms with Crippen LogP contribution >= 0.6 is 12.4 Å². The van der Waals surface area contributed by atoms with E-state index in [1.807, 2.05) is 0 Å². The molecule has 2 saturated carbocycles. The number of hydrogen-bond acceptors (Lipinski definition) is 4. The first-order chi connectivity index (χ1) is 12.0. The third-order valence-corrected chi connectivity index (χ3v) is 6.39. The lowest BCUT2D eigenvalue weighted by Gasteiger charge is -2.34. The van der Waals surface area contributed by atoms with E-state index < -0.39 is 11.6 Å². The highest BCUT2D eigenvalue weighted by atomic mass is 35.5. The van der Waals surface area contributed by atoms with Crippen molar-refractivity contribution in [1.29, 1.82) is 0 Å². The Morgan fingerprint density at radius 3 is 2.58 bits per heavy atom. The minimum atomic E-state index is -0.782. The number of amides is 4. The minimum absolute atomic E-state index is 0. The van der Waals surface area contributed by atoms with Crippen LogP contribution in [0.5, 0.6) is 0 Å². The summed E-state index contributed by atoms with van der Waals surface area (Å²) in [6.07, 6.45) is 7.33. The van der Waals surface area contributed by atoms with Crippen molar-refractivity contribution in [2.24, 2.45) is 17.6 Å². The van der Waals surface area contributed by atoms with Crippen molar-refractivity contribution in [2.45, 2.75) is 69.9 Å². The topological polar surface area (TPSA) is 105 Å². The molecule has 4 N–H and O–H groups in total. The predicted octanol–water partition coefficient (Wildman–Crippen LogP) is 1.54. The molecule has 1 heterocycles. The first-order valence-electron chi connectivity index (χ1n) is 9.62. The van der Waals surface area contributed by atoms with Gasteiger partial charge in [0.25, 0.3) is 5.91 Å². The summed E-state index contributed by atoms with van der Waals surface area (Å²) in [5.41, 5.74) is 4.96. The van der Waals surface area contributed by atoms with Crippen LogP contribution in [0.15, 0.2) is 0 Å². The highest BCUT2D eigenvalue weighted by Gasteiger charge is 2.52. The lowest BCUT2D eigenvalue weighted by atomic mass is 9.75. The van der Waals surface area contributed by atoms with Crippen molar-refractivity contribution in [3.05, 3.63) is 0 Å². The standard InChI is InChI=1S/C18H30N4O3.ClH/c1-2-12-6-8-18(9-7-12)16(24)22(17(25)21-18)11-15(23)20-14-5-3-4-13(14)10-19;/h12-14H,2-11,19H2,1H3,(H,20,23)(H,21,25);1H. The van der Waals surface area contributed by atoms with Gasteiger partial charge in [-0.05, 0) is 56.9 Å². The van der Waals surface area contributed by atoms with Crippen LogP contribution in [0, 0.1) is 11.8 Å². The number of carbonyl (C=O) groups is 3. The molecule has 0 aromatic rings. The number of nitrogens with one attached hydrogen (secondary N) is 2. The Kier molecular flexibility index (Phi) is 6.91. The third kappa shape index (κ3) is 3.98. The lowest BCUT2D eigenvalue weighted by Crippen LogP contribution is -2.50. The fraction of sp³-hybridized carbons (Fsp3) is 0.833. The van der Waals surface area contributed by atoms with Crippen molar-refractivity contribution in [1.82, 2.24) is 15.5 Å². The fourth-order valence-corrected chi connectivity index (χ4v) is 4.64. The largest absolute Gasteiger partial charge is 0.351 e. The molecule has 0 aromatic carbocycles. The van der Waals surface area contributed by atoms with Gasteiger partial charge in [-0.15, -0.1) is 12.4 Å². The summed E-state index contributed by atoms with van der Waals surface area (Å²) in [5.74, 6) is 0.420. The summed E-state index contributed by atoms with van der Waals surface area (Å²) < 4.78 is 0. The molecule has 148 valence electrons. The average Bonchev–Trinajstić information content (AvgIpc) is 3.14. The molecular weight excluding hydrogens is 356 g/mol. The molecule has 2 aliphatic carbocycles. The molecule has 1 spiro atoms. The molecule has 26 heavy (non-hydrogen) atoms. The number of urea groups is 1. The summed E-state index contributed by atoms with van der Waals surface area (Å²) in [5, 5.41) is 5.83. The zero-order valence-corrected chi connectivity index (χ0v) is 16.3. The SMILES string of the molecule is CCC1CCC2(CC1)NC(=O)N(CC(=O)NC1CCCC1CN)C2=O.Cl. The van der Waals surface area contributed by atoms with E-state index in [0.717, 1.165) is 43.4 Å². The van der Waals surface area contributed by atoms with Crippen LogP contribution in [0.4, 0.5) is 4.79 Å². The van der Waals surface area contributed by atoms with E-state index in [2.05, 4.69) is 17.6 Å². The van der Waals surface area contributed by atoms with Gasteiger partial charge in [-0.1, -0.05) is 19.8 Å². The maximum Gasteiger partial charge on any atom is 0.325 e. The highest BCUT2D eigenvalue weighted by molar-refractivity contribution is 6.09. The van der Waals surface area contributed by atoms with Gasteiger partial charge in [-0.2, -0.15) is 0 Å². The number of nitrogens with zero attached hydrogens (tertiary/aromatic N) is 1. The summed E-state index contributed by atoms with van der Waals surface area (Å²) in [6, 6.07) is -0.371. The van der Waals surface area contributed by atoms with E-state index >= 15 is 0 Å². The summed E-state index contributed by atoms with van der Waals surface area (Å²) >= 11 is 0.